The van der Waals surface area contributed by atoms with Crippen LogP contribution in [0.25, 0.3) is 22.0 Å². The number of carbonyl (C=O) groups excluding carboxylic acids is 1. The Labute approximate surface area is 193 Å². The molecule has 33 heavy (non-hydrogen) atoms. The lowest BCUT2D eigenvalue weighted by molar-refractivity contribution is -0.157. The largest absolute Gasteiger partial charge is 0.481 e. The molecular formula is C27H29FN2O3. The maximum absolute atomic E-state index is 13.8. The van der Waals surface area contributed by atoms with Crippen molar-refractivity contribution in [1.82, 2.24) is 9.88 Å². The van der Waals surface area contributed by atoms with Crippen molar-refractivity contribution in [2.75, 3.05) is 26.3 Å². The number of aryl methyl sites for hydroxylation is 2. The third-order valence-corrected chi connectivity index (χ3v) is 7.09. The summed E-state index contributed by atoms with van der Waals surface area (Å²) in [6.07, 6.45) is 3.18. The van der Waals surface area contributed by atoms with Crippen LogP contribution in [0.2, 0.25) is 0 Å². The number of fused-ring (bicyclic) bond motifs is 1. The van der Waals surface area contributed by atoms with Crippen molar-refractivity contribution < 1.29 is 18.7 Å². The van der Waals surface area contributed by atoms with Crippen molar-refractivity contribution in [3.05, 3.63) is 59.5 Å². The van der Waals surface area contributed by atoms with Gasteiger partial charge in [0.25, 0.3) is 5.91 Å². The molecule has 3 heterocycles. The lowest BCUT2D eigenvalue weighted by Crippen LogP contribution is -2.53. The molecule has 2 aliphatic rings. The number of hydrogen-bond donors (Lipinski definition) is 0. The third-order valence-electron chi connectivity index (χ3n) is 7.09. The van der Waals surface area contributed by atoms with Gasteiger partial charge in [0.15, 0.2) is 6.10 Å². The Morgan fingerprint density at radius 3 is 2.45 bits per heavy atom. The summed E-state index contributed by atoms with van der Waals surface area (Å²) in [6.45, 7) is 8.81. The second-order valence-electron chi connectivity index (χ2n) is 9.53. The topological polar surface area (TPSA) is 51.7 Å². The van der Waals surface area contributed by atoms with Crippen LogP contribution in [-0.2, 0) is 9.53 Å². The third kappa shape index (κ3) is 4.08. The zero-order valence-corrected chi connectivity index (χ0v) is 19.4. The monoisotopic (exact) mass is 448 g/mol. The molecule has 1 amide bonds. The smallest absolute Gasteiger partial charge is 0.263 e. The molecule has 6 heteroatoms. The van der Waals surface area contributed by atoms with Gasteiger partial charge in [-0.15, -0.1) is 0 Å². The van der Waals surface area contributed by atoms with E-state index in [4.69, 9.17) is 9.47 Å². The number of amides is 1. The Morgan fingerprint density at radius 1 is 1.12 bits per heavy atom. The van der Waals surface area contributed by atoms with Gasteiger partial charge in [0.1, 0.15) is 11.6 Å². The molecule has 172 valence electrons. The second kappa shape index (κ2) is 8.41. The number of carbonyl (C=O) groups is 1. The number of likely N-dealkylation sites (tertiary alicyclic amines) is 1. The summed E-state index contributed by atoms with van der Waals surface area (Å²) in [4.78, 5) is 19.4. The van der Waals surface area contributed by atoms with E-state index < -0.39 is 6.10 Å². The number of nitrogens with zero attached hydrogens (tertiary/aromatic N) is 2. The van der Waals surface area contributed by atoms with Crippen LogP contribution in [-0.4, -0.2) is 48.2 Å². The molecule has 2 fully saturated rings. The first-order valence-electron chi connectivity index (χ1n) is 11.5. The molecule has 0 bridgehead atoms. The molecule has 1 aromatic heterocycles. The van der Waals surface area contributed by atoms with Gasteiger partial charge in [0.05, 0.1) is 18.7 Å². The van der Waals surface area contributed by atoms with Crippen molar-refractivity contribution in [2.24, 2.45) is 5.41 Å². The van der Waals surface area contributed by atoms with E-state index in [1.807, 2.05) is 43.0 Å². The fraction of sp³-hybridized carbons (Fsp3) is 0.407. The highest BCUT2D eigenvalue weighted by atomic mass is 19.1. The van der Waals surface area contributed by atoms with Crippen molar-refractivity contribution in [2.45, 2.75) is 39.7 Å². The number of halogens is 1. The summed E-state index contributed by atoms with van der Waals surface area (Å²) in [5, 5.41) is 0.964. The molecule has 0 saturated carbocycles. The van der Waals surface area contributed by atoms with Crippen LogP contribution in [0.1, 0.15) is 30.9 Å². The van der Waals surface area contributed by atoms with Crippen molar-refractivity contribution in [1.29, 1.82) is 0 Å². The van der Waals surface area contributed by atoms with Crippen molar-refractivity contribution >= 4 is 16.8 Å². The van der Waals surface area contributed by atoms with Crippen LogP contribution in [0.15, 0.2) is 42.6 Å². The van der Waals surface area contributed by atoms with E-state index in [9.17, 15) is 9.18 Å². The standard InChI is InChI=1S/C27H29FN2O3/c1-17-12-20(28)13-18(2)25(17)23-6-9-29-24-14-21(4-5-22(23)24)33-19(3)26(31)30-10-7-27(8-11-30)15-32-16-27/h4-6,9,12-14,19H,7-8,10-11,15-16H2,1-3H3/t19-/m1/s1. The Hall–Kier alpha value is -2.99. The minimum Gasteiger partial charge on any atom is -0.481 e. The molecule has 1 spiro atoms. The summed E-state index contributed by atoms with van der Waals surface area (Å²) in [5.74, 6) is 0.400. The molecule has 2 aliphatic heterocycles. The average Bonchev–Trinajstić information content (AvgIpc) is 2.77. The SMILES string of the molecule is Cc1cc(F)cc(C)c1-c1ccnc2cc(O[C@H](C)C(=O)N3CCC4(CC3)COC4)ccc12. The van der Waals surface area contributed by atoms with Crippen LogP contribution in [0.5, 0.6) is 5.75 Å². The first-order valence-corrected chi connectivity index (χ1v) is 11.5. The Balaban J connectivity index is 1.34. The van der Waals surface area contributed by atoms with E-state index in [1.54, 1.807) is 25.3 Å². The summed E-state index contributed by atoms with van der Waals surface area (Å²) < 4.78 is 25.2. The number of hydrogen-bond acceptors (Lipinski definition) is 4. The number of aromatic nitrogens is 1. The molecule has 1 atom stereocenters. The van der Waals surface area contributed by atoms with Gasteiger partial charge in [-0.2, -0.15) is 0 Å². The molecular weight excluding hydrogens is 419 g/mol. The number of piperidine rings is 1. The van der Waals surface area contributed by atoms with E-state index in [1.165, 1.54) is 0 Å². The highest BCUT2D eigenvalue weighted by Gasteiger charge is 2.42. The molecule has 5 nitrogen and oxygen atoms in total. The Morgan fingerprint density at radius 2 is 1.82 bits per heavy atom. The van der Waals surface area contributed by atoms with Gasteiger partial charge in [-0.1, -0.05) is 0 Å². The Kier molecular flexibility index (Phi) is 5.57. The van der Waals surface area contributed by atoms with Gasteiger partial charge in [-0.25, -0.2) is 4.39 Å². The zero-order valence-electron chi connectivity index (χ0n) is 19.4. The average molecular weight is 449 g/mol. The minimum absolute atomic E-state index is 0.0180. The van der Waals surface area contributed by atoms with Crippen LogP contribution >= 0.6 is 0 Å². The summed E-state index contributed by atoms with van der Waals surface area (Å²) >= 11 is 0. The van der Waals surface area contributed by atoms with Gasteiger partial charge < -0.3 is 14.4 Å². The summed E-state index contributed by atoms with van der Waals surface area (Å²) in [7, 11) is 0. The zero-order chi connectivity index (χ0) is 23.2. The van der Waals surface area contributed by atoms with Gasteiger partial charge in [-0.05, 0) is 86.2 Å². The highest BCUT2D eigenvalue weighted by molar-refractivity contribution is 5.96. The van der Waals surface area contributed by atoms with E-state index in [0.29, 0.717) is 11.2 Å². The summed E-state index contributed by atoms with van der Waals surface area (Å²) in [5.41, 5.74) is 4.86. The minimum atomic E-state index is -0.570. The lowest BCUT2D eigenvalue weighted by atomic mass is 9.77. The van der Waals surface area contributed by atoms with Crippen LogP contribution in [0, 0.1) is 25.1 Å². The highest BCUT2D eigenvalue weighted by Crippen LogP contribution is 2.39. The molecule has 0 radical (unpaired) electrons. The molecule has 2 aromatic carbocycles. The fourth-order valence-corrected chi connectivity index (χ4v) is 5.15. The molecule has 0 unspecified atom stereocenters. The quantitative estimate of drug-likeness (QED) is 0.560. The number of pyridine rings is 1. The van der Waals surface area contributed by atoms with Gasteiger partial charge in [0, 0.05) is 36.2 Å². The maximum Gasteiger partial charge on any atom is 0.263 e. The first kappa shape index (κ1) is 21.8. The van der Waals surface area contributed by atoms with Crippen LogP contribution in [0.3, 0.4) is 0 Å². The van der Waals surface area contributed by atoms with E-state index >= 15 is 0 Å². The number of ether oxygens (including phenoxy) is 2. The molecule has 5 rings (SSSR count). The lowest BCUT2D eigenvalue weighted by Gasteiger charge is -2.47. The predicted molar refractivity (Wildman–Crippen MR) is 126 cm³/mol. The van der Waals surface area contributed by atoms with Gasteiger partial charge in [-0.3, -0.25) is 9.78 Å². The normalized spacial score (nSPS) is 18.2. The maximum atomic E-state index is 13.8. The molecule has 0 N–H and O–H groups in total. The molecule has 0 aliphatic carbocycles. The Bertz CT molecular complexity index is 1190. The van der Waals surface area contributed by atoms with Crippen molar-refractivity contribution in [3.63, 3.8) is 0 Å². The van der Waals surface area contributed by atoms with Crippen molar-refractivity contribution in [3.8, 4) is 16.9 Å². The predicted octanol–water partition coefficient (Wildman–Crippen LogP) is 5.06. The van der Waals surface area contributed by atoms with E-state index in [0.717, 1.165) is 72.3 Å². The molecule has 2 saturated heterocycles. The number of benzene rings is 2. The fourth-order valence-electron chi connectivity index (χ4n) is 5.15. The van der Waals surface area contributed by atoms with Gasteiger partial charge >= 0.3 is 0 Å². The number of rotatable bonds is 4. The molecule has 3 aromatic rings. The summed E-state index contributed by atoms with van der Waals surface area (Å²) in [6, 6.07) is 10.8. The first-order chi connectivity index (χ1) is 15.8. The van der Waals surface area contributed by atoms with Gasteiger partial charge in [0.2, 0.25) is 0 Å². The van der Waals surface area contributed by atoms with Crippen LogP contribution < -0.4 is 4.74 Å². The van der Waals surface area contributed by atoms with E-state index in [2.05, 4.69) is 4.98 Å². The second-order valence-corrected chi connectivity index (χ2v) is 9.53. The van der Waals surface area contributed by atoms with E-state index in [-0.39, 0.29) is 11.7 Å². The van der Waals surface area contributed by atoms with Crippen LogP contribution in [0.4, 0.5) is 4.39 Å².